The third-order valence-electron chi connectivity index (χ3n) is 2.84. The number of aromatic nitrogens is 1. The van der Waals surface area contributed by atoms with Crippen molar-refractivity contribution < 1.29 is 4.79 Å². The summed E-state index contributed by atoms with van der Waals surface area (Å²) >= 11 is 11.9. The van der Waals surface area contributed by atoms with E-state index in [2.05, 4.69) is 15.6 Å². The van der Waals surface area contributed by atoms with Gasteiger partial charge in [0.05, 0.1) is 11.9 Å². The second-order valence-corrected chi connectivity index (χ2v) is 6.06. The number of benzene rings is 1. The van der Waals surface area contributed by atoms with Crippen LogP contribution in [0.1, 0.15) is 19.4 Å². The van der Waals surface area contributed by atoms with Crippen molar-refractivity contribution in [3.8, 4) is 0 Å². The van der Waals surface area contributed by atoms with Gasteiger partial charge in [0.15, 0.2) is 0 Å². The predicted octanol–water partition coefficient (Wildman–Crippen LogP) is 4.86. The summed E-state index contributed by atoms with van der Waals surface area (Å²) in [6.45, 7) is 4.06. The Bertz CT molecular complexity index is 712. The maximum Gasteiger partial charge on any atom is 0.248 e. The van der Waals surface area contributed by atoms with Crippen LogP contribution in [-0.4, -0.2) is 16.9 Å². The number of amides is 1. The molecule has 0 aliphatic heterocycles. The van der Waals surface area contributed by atoms with Crippen molar-refractivity contribution in [1.29, 1.82) is 0 Å². The van der Waals surface area contributed by atoms with E-state index in [0.29, 0.717) is 21.8 Å². The topological polar surface area (TPSA) is 54.0 Å². The fourth-order valence-electron chi connectivity index (χ4n) is 1.84. The van der Waals surface area contributed by atoms with Crippen molar-refractivity contribution in [3.05, 3.63) is 58.2 Å². The molecule has 6 heteroatoms. The number of carbonyl (C=O) groups excluding carboxylic acids is 1. The molecule has 4 nitrogen and oxygen atoms in total. The molecule has 0 atom stereocenters. The lowest BCUT2D eigenvalue weighted by Crippen LogP contribution is -2.12. The van der Waals surface area contributed by atoms with Gasteiger partial charge in [0.1, 0.15) is 5.82 Å². The SMILES string of the molecule is CC(C)Nc1ccc(NC(=O)/C=C/c2ccc(Cl)cc2Cl)cn1. The summed E-state index contributed by atoms with van der Waals surface area (Å²) in [5.41, 5.74) is 1.34. The summed E-state index contributed by atoms with van der Waals surface area (Å²) in [4.78, 5) is 16.1. The van der Waals surface area contributed by atoms with Crippen LogP contribution in [0, 0.1) is 0 Å². The Kier molecular flexibility index (Phi) is 6.02. The standard InChI is InChI=1S/C17H17Cl2N3O/c1-11(2)21-16-7-6-14(10-20-16)22-17(23)8-4-12-3-5-13(18)9-15(12)19/h3-11H,1-2H3,(H,20,21)(H,22,23)/b8-4+. The first-order valence-electron chi connectivity index (χ1n) is 7.11. The van der Waals surface area contributed by atoms with E-state index in [1.54, 1.807) is 36.5 Å². The lowest BCUT2D eigenvalue weighted by Gasteiger charge is -2.09. The van der Waals surface area contributed by atoms with E-state index >= 15 is 0 Å². The van der Waals surface area contributed by atoms with Crippen molar-refractivity contribution in [3.63, 3.8) is 0 Å². The summed E-state index contributed by atoms with van der Waals surface area (Å²) in [6.07, 6.45) is 4.65. The van der Waals surface area contributed by atoms with Crippen molar-refractivity contribution in [1.82, 2.24) is 4.98 Å². The molecule has 0 saturated heterocycles. The minimum atomic E-state index is -0.262. The van der Waals surface area contributed by atoms with Crippen LogP contribution in [0.4, 0.5) is 11.5 Å². The van der Waals surface area contributed by atoms with E-state index in [4.69, 9.17) is 23.2 Å². The van der Waals surface area contributed by atoms with Crippen LogP contribution in [0.5, 0.6) is 0 Å². The molecule has 1 aromatic carbocycles. The number of nitrogens with zero attached hydrogens (tertiary/aromatic N) is 1. The molecule has 1 amide bonds. The average molecular weight is 350 g/mol. The fourth-order valence-corrected chi connectivity index (χ4v) is 2.31. The van der Waals surface area contributed by atoms with Gasteiger partial charge in [0.2, 0.25) is 5.91 Å². The Hall–Kier alpha value is -2.04. The third kappa shape index (κ3) is 5.58. The summed E-state index contributed by atoms with van der Waals surface area (Å²) in [6, 6.07) is 9.01. The highest BCUT2D eigenvalue weighted by Crippen LogP contribution is 2.22. The second kappa shape index (κ2) is 7.99. The molecule has 0 aliphatic carbocycles. The van der Waals surface area contributed by atoms with E-state index in [9.17, 15) is 4.79 Å². The Morgan fingerprint density at radius 2 is 2.00 bits per heavy atom. The first kappa shape index (κ1) is 17.3. The molecule has 0 aliphatic rings. The molecule has 1 heterocycles. The smallest absolute Gasteiger partial charge is 0.248 e. The zero-order chi connectivity index (χ0) is 16.8. The van der Waals surface area contributed by atoms with E-state index in [0.717, 1.165) is 11.4 Å². The largest absolute Gasteiger partial charge is 0.368 e. The monoisotopic (exact) mass is 349 g/mol. The van der Waals surface area contributed by atoms with Gasteiger partial charge >= 0.3 is 0 Å². The molecule has 0 spiro atoms. The number of hydrogen-bond acceptors (Lipinski definition) is 3. The average Bonchev–Trinajstić information content (AvgIpc) is 2.48. The highest BCUT2D eigenvalue weighted by Gasteiger charge is 2.02. The van der Waals surface area contributed by atoms with Gasteiger partial charge in [-0.1, -0.05) is 29.3 Å². The molecule has 120 valence electrons. The third-order valence-corrected chi connectivity index (χ3v) is 3.41. The number of hydrogen-bond donors (Lipinski definition) is 2. The molecule has 0 radical (unpaired) electrons. The van der Waals surface area contributed by atoms with Crippen molar-refractivity contribution in [2.45, 2.75) is 19.9 Å². The van der Waals surface area contributed by atoms with E-state index in [1.807, 2.05) is 19.9 Å². The number of carbonyl (C=O) groups is 1. The molecular weight excluding hydrogens is 333 g/mol. The van der Waals surface area contributed by atoms with Crippen molar-refractivity contribution in [2.24, 2.45) is 0 Å². The molecule has 0 fully saturated rings. The van der Waals surface area contributed by atoms with Crippen molar-refractivity contribution >= 4 is 46.7 Å². The molecular formula is C17H17Cl2N3O. The van der Waals surface area contributed by atoms with Crippen LogP contribution in [0.3, 0.4) is 0 Å². The van der Waals surface area contributed by atoms with Crippen LogP contribution >= 0.6 is 23.2 Å². The summed E-state index contributed by atoms with van der Waals surface area (Å²) in [5, 5.41) is 6.96. The quantitative estimate of drug-likeness (QED) is 0.757. The Morgan fingerprint density at radius 1 is 1.22 bits per heavy atom. The molecule has 2 rings (SSSR count). The predicted molar refractivity (Wildman–Crippen MR) is 97.1 cm³/mol. The highest BCUT2D eigenvalue weighted by molar-refractivity contribution is 6.35. The van der Waals surface area contributed by atoms with Gasteiger partial charge in [0.25, 0.3) is 0 Å². The summed E-state index contributed by atoms with van der Waals surface area (Å²) < 4.78 is 0. The number of nitrogens with one attached hydrogen (secondary N) is 2. The Balaban J connectivity index is 1.97. The van der Waals surface area contributed by atoms with Gasteiger partial charge in [-0.3, -0.25) is 4.79 Å². The molecule has 1 aromatic heterocycles. The zero-order valence-electron chi connectivity index (χ0n) is 12.8. The van der Waals surface area contributed by atoms with Gasteiger partial charge in [-0.25, -0.2) is 4.98 Å². The molecule has 0 bridgehead atoms. The van der Waals surface area contributed by atoms with Crippen LogP contribution in [0.15, 0.2) is 42.6 Å². The minimum Gasteiger partial charge on any atom is -0.368 e. The lowest BCUT2D eigenvalue weighted by molar-refractivity contribution is -0.111. The van der Waals surface area contributed by atoms with Crippen LogP contribution in [0.2, 0.25) is 10.0 Å². The molecule has 2 aromatic rings. The van der Waals surface area contributed by atoms with E-state index < -0.39 is 0 Å². The highest BCUT2D eigenvalue weighted by atomic mass is 35.5. The van der Waals surface area contributed by atoms with E-state index in [-0.39, 0.29) is 5.91 Å². The minimum absolute atomic E-state index is 0.262. The van der Waals surface area contributed by atoms with Crippen molar-refractivity contribution in [2.75, 3.05) is 10.6 Å². The van der Waals surface area contributed by atoms with Crippen LogP contribution < -0.4 is 10.6 Å². The normalized spacial score (nSPS) is 11.0. The van der Waals surface area contributed by atoms with Crippen LogP contribution in [-0.2, 0) is 4.79 Å². The summed E-state index contributed by atoms with van der Waals surface area (Å²) in [5.74, 6) is 0.504. The fraction of sp³-hybridized carbons (Fsp3) is 0.176. The number of rotatable bonds is 5. The summed E-state index contributed by atoms with van der Waals surface area (Å²) in [7, 11) is 0. The van der Waals surface area contributed by atoms with Gasteiger partial charge in [-0.2, -0.15) is 0 Å². The maximum absolute atomic E-state index is 11.9. The zero-order valence-corrected chi connectivity index (χ0v) is 14.3. The van der Waals surface area contributed by atoms with Crippen LogP contribution in [0.25, 0.3) is 6.08 Å². The molecule has 23 heavy (non-hydrogen) atoms. The lowest BCUT2D eigenvalue weighted by atomic mass is 10.2. The molecule has 0 unspecified atom stereocenters. The van der Waals surface area contributed by atoms with Gasteiger partial charge in [0, 0.05) is 22.2 Å². The number of halogens is 2. The first-order chi connectivity index (χ1) is 10.9. The number of anilines is 2. The molecule has 2 N–H and O–H groups in total. The van der Waals surface area contributed by atoms with E-state index in [1.165, 1.54) is 6.08 Å². The second-order valence-electron chi connectivity index (χ2n) is 5.22. The molecule has 0 saturated carbocycles. The Labute approximate surface area is 145 Å². The van der Waals surface area contributed by atoms with Gasteiger partial charge in [-0.05, 0) is 49.8 Å². The number of pyridine rings is 1. The Morgan fingerprint density at radius 3 is 2.61 bits per heavy atom. The first-order valence-corrected chi connectivity index (χ1v) is 7.86. The van der Waals surface area contributed by atoms with Gasteiger partial charge < -0.3 is 10.6 Å². The maximum atomic E-state index is 11.9. The van der Waals surface area contributed by atoms with Gasteiger partial charge in [-0.15, -0.1) is 0 Å².